The van der Waals surface area contributed by atoms with Crippen LogP contribution >= 0.6 is 211 Å². The molecule has 491 valence electrons. The molecule has 0 aliphatic heterocycles. The molecule has 7 aromatic carbocycles. The molecule has 0 N–H and O–H groups in total. The first-order chi connectivity index (χ1) is 45.8. The Morgan fingerprint density at radius 1 is 0.383 bits per heavy atom. The third kappa shape index (κ3) is 26.0. The van der Waals surface area contributed by atoms with Gasteiger partial charge in [0.2, 0.25) is 0 Å². The second kappa shape index (κ2) is 44.9. The average Bonchev–Trinajstić information content (AvgIpc) is 1.65. The summed E-state index contributed by atoms with van der Waals surface area (Å²) in [6.07, 6.45) is 0. The summed E-state index contributed by atoms with van der Waals surface area (Å²) in [6, 6.07) is 82.3. The molecule has 0 radical (unpaired) electrons. The number of hydrogen-bond acceptors (Lipinski definition) is 8. The van der Waals surface area contributed by atoms with Crippen molar-refractivity contribution in [1.29, 1.82) is 0 Å². The van der Waals surface area contributed by atoms with Gasteiger partial charge in [0.1, 0.15) is 0 Å². The van der Waals surface area contributed by atoms with Crippen LogP contribution in [-0.2, 0) is 27.1 Å². The van der Waals surface area contributed by atoms with Gasteiger partial charge in [-0.05, 0) is 176 Å². The Morgan fingerprint density at radius 3 is 1.01 bits per heavy atom. The van der Waals surface area contributed by atoms with Gasteiger partial charge in [-0.3, -0.25) is 0 Å². The van der Waals surface area contributed by atoms with Crippen molar-refractivity contribution in [2.24, 2.45) is 0 Å². The SMILES string of the molecule is Brc1ccsc1Br.ClCCl.[CH3][Sn]([CH3])([CH3])[c]1ccsc1.[Cl][Fe]([Cl])[Cl].[Cl][Pd][Cl].c1cc(-c2ccsc2-c2ccsc2)cs1.c1cc2c3ccsc3c3sccc3c2s1.c1ccc(P(c2ccccc2)c2ccccc2)cc1.c1ccc(P(c2ccccc2)c2ccccc2)cc1. The maximum atomic E-state index is 4.89. The summed E-state index contributed by atoms with van der Waals surface area (Å²) in [5, 5.41) is 36.8. The van der Waals surface area contributed by atoms with E-state index in [4.69, 9.17) is 72.6 Å². The summed E-state index contributed by atoms with van der Waals surface area (Å²) >= 11 is 27.5. The van der Waals surface area contributed by atoms with Crippen molar-refractivity contribution in [2.45, 2.75) is 14.8 Å². The smallest absolute Gasteiger partial charge is 0.0535 e. The van der Waals surface area contributed by atoms with Crippen molar-refractivity contribution in [1.82, 2.24) is 0 Å². The molecule has 15 aromatic rings. The summed E-state index contributed by atoms with van der Waals surface area (Å²) in [5.41, 5.74) is 4.04. The van der Waals surface area contributed by atoms with E-state index in [1.165, 1.54) is 83.7 Å². The minimum absolute atomic E-state index is 0.106. The summed E-state index contributed by atoms with van der Waals surface area (Å²) in [4.78, 5) is 8.71. The first kappa shape index (κ1) is 80.1. The Kier molecular flexibility index (Phi) is 38.2. The van der Waals surface area contributed by atoms with Gasteiger partial charge in [0, 0.05) is 41.3 Å². The fraction of sp³-hybridized carbons (Fsp3) is 0.0556. The van der Waals surface area contributed by atoms with Crippen LogP contribution in [0.5, 0.6) is 0 Å². The molecule has 0 amide bonds. The van der Waals surface area contributed by atoms with Crippen LogP contribution in [0.4, 0.5) is 0 Å². The Hall–Kier alpha value is -1.25. The van der Waals surface area contributed by atoms with Gasteiger partial charge in [0.25, 0.3) is 0 Å². The fourth-order valence-electron chi connectivity index (χ4n) is 8.99. The van der Waals surface area contributed by atoms with Crippen molar-refractivity contribution in [2.75, 3.05) is 5.34 Å². The predicted octanol–water partition coefficient (Wildman–Crippen LogP) is 27.9. The zero-order valence-electron chi connectivity index (χ0n) is 50.2. The molecule has 0 fully saturated rings. The zero-order valence-corrected chi connectivity index (χ0v) is 72.5. The number of halogens is 9. The van der Waals surface area contributed by atoms with E-state index in [1.807, 2.05) is 68.1 Å². The topological polar surface area (TPSA) is 0 Å². The maximum Gasteiger partial charge on any atom is 0.0535 e. The Bertz CT molecular complexity index is 3830. The van der Waals surface area contributed by atoms with Crippen molar-refractivity contribution >= 4 is 295 Å². The molecule has 0 saturated carbocycles. The first-order valence-corrected chi connectivity index (χ1v) is 59.2. The van der Waals surface area contributed by atoms with Gasteiger partial charge >= 0.3 is 141 Å². The van der Waals surface area contributed by atoms with Gasteiger partial charge in [0.15, 0.2) is 0 Å². The van der Waals surface area contributed by atoms with Crippen LogP contribution in [0, 0.1) is 0 Å². The minimum Gasteiger partial charge on any atom is -0.152 e. The second-order valence-electron chi connectivity index (χ2n) is 20.0. The van der Waals surface area contributed by atoms with Gasteiger partial charge in [0.05, 0.1) is 18.5 Å². The quantitative estimate of drug-likeness (QED) is 0.0768. The predicted molar refractivity (Wildman–Crippen MR) is 447 cm³/mol. The normalized spacial score (nSPS) is 10.6. The average molecular weight is 1930 g/mol. The molecule has 15 rings (SSSR count). The molecule has 0 unspecified atom stereocenters. The largest absolute Gasteiger partial charge is 0.152 e. The number of rotatable bonds is 9. The van der Waals surface area contributed by atoms with Crippen molar-refractivity contribution < 1.29 is 27.1 Å². The molecular formula is C72H60Br2Cl7FeP2PdS8Sn. The van der Waals surface area contributed by atoms with Crippen molar-refractivity contribution in [3.63, 3.8) is 0 Å². The molecular weight excluding hydrogens is 1870 g/mol. The third-order valence-electron chi connectivity index (χ3n) is 13.1. The molecule has 22 heteroatoms. The molecule has 8 heterocycles. The summed E-state index contributed by atoms with van der Waals surface area (Å²) in [5.74, 6) is 0. The van der Waals surface area contributed by atoms with Gasteiger partial charge in [-0.2, -0.15) is 22.7 Å². The molecule has 94 heavy (non-hydrogen) atoms. The maximum absolute atomic E-state index is 4.89. The first-order valence-electron chi connectivity index (χ1n) is 28.1. The number of fused-ring (bicyclic) bond motifs is 6. The molecule has 8 aromatic heterocycles. The number of thiophene rings is 8. The third-order valence-corrected chi connectivity index (χ3v) is 33.5. The molecule has 0 spiro atoms. The summed E-state index contributed by atoms with van der Waals surface area (Å²) in [7, 11) is 23.4. The molecule has 0 saturated heterocycles. The van der Waals surface area contributed by atoms with Crippen LogP contribution < -0.4 is 35.4 Å². The molecule has 0 aliphatic carbocycles. The van der Waals surface area contributed by atoms with E-state index in [0.29, 0.717) is 0 Å². The van der Waals surface area contributed by atoms with E-state index >= 15 is 0 Å². The van der Waals surface area contributed by atoms with E-state index in [2.05, 4.69) is 325 Å². The number of benzene rings is 7. The van der Waals surface area contributed by atoms with E-state index in [0.717, 1.165) is 8.26 Å². The van der Waals surface area contributed by atoms with Crippen LogP contribution in [0.25, 0.3) is 51.8 Å². The summed E-state index contributed by atoms with van der Waals surface area (Å²) in [6.45, 7) is 0. The van der Waals surface area contributed by atoms with Gasteiger partial charge < -0.3 is 0 Å². The van der Waals surface area contributed by atoms with Crippen LogP contribution in [0.1, 0.15) is 0 Å². The second-order valence-corrected chi connectivity index (χ2v) is 56.6. The van der Waals surface area contributed by atoms with Crippen LogP contribution in [0.15, 0.2) is 298 Å². The number of hydrogen-bond donors (Lipinski definition) is 0. The summed E-state index contributed by atoms with van der Waals surface area (Å²) < 4.78 is 8.29. The Morgan fingerprint density at radius 2 is 0.702 bits per heavy atom. The molecule has 0 bridgehead atoms. The van der Waals surface area contributed by atoms with E-state index in [1.54, 1.807) is 37.6 Å². The van der Waals surface area contributed by atoms with Crippen LogP contribution in [0.3, 0.4) is 0 Å². The monoisotopic (exact) mass is 1930 g/mol. The van der Waals surface area contributed by atoms with Crippen LogP contribution in [0.2, 0.25) is 14.8 Å². The Labute approximate surface area is 652 Å². The minimum atomic E-state index is -1.64. The van der Waals surface area contributed by atoms with Gasteiger partial charge in [-0.25, -0.2) is 0 Å². The number of alkyl halides is 2. The van der Waals surface area contributed by atoms with Crippen LogP contribution in [-0.4, -0.2) is 23.7 Å². The molecule has 0 atom stereocenters. The molecule has 0 aliphatic rings. The standard InChI is InChI=1S/2C18H15P.C12H6S3.C12H8S3.C4H2Br2S.C4H3S.CH2Cl2.3CH3.5ClH.Fe.Pd.Sn/c2*1-4-10-16(11-5-1)19(17-12-6-2-7-13-17)18-14-8-3-9-15-18;1-4-13-10-7(1)8-2-5-14-11(8)12-9(10)3-6-15-12;1-4-13-7-9(1)11-3-6-15-12(11)10-2-5-14-8-10;5-3-1-2-7-4(3)6;1-2-4-5-3-1;2-1-3;;;;;;;;;;;/h2*1-15H;1-6H;1-8H;1-2H;1,3-4H;1H2;3*1H3;5*1H;;;/q;;;;;;;;;;;;;;;+3;+2;/p-5. The zero-order chi connectivity index (χ0) is 66.9. The van der Waals surface area contributed by atoms with E-state index < -0.39 is 45.4 Å². The van der Waals surface area contributed by atoms with Crippen molar-refractivity contribution in [3.05, 3.63) is 298 Å². The molecule has 0 nitrogen and oxygen atoms in total. The van der Waals surface area contributed by atoms with Gasteiger partial charge in [-0.15, -0.1) is 79.9 Å². The Balaban J connectivity index is 0.000000158. The fourth-order valence-corrected chi connectivity index (χ4v) is 27.0. The van der Waals surface area contributed by atoms with E-state index in [-0.39, 0.29) is 21.3 Å². The van der Waals surface area contributed by atoms with E-state index in [9.17, 15) is 0 Å². The van der Waals surface area contributed by atoms with Gasteiger partial charge in [-0.1, -0.05) is 182 Å². The van der Waals surface area contributed by atoms with Crippen molar-refractivity contribution in [3.8, 4) is 21.6 Å².